The first-order chi connectivity index (χ1) is 11.7. The topological polar surface area (TPSA) is 35.5 Å². The molecule has 0 atom stereocenters. The Labute approximate surface area is 141 Å². The van der Waals surface area contributed by atoms with E-state index < -0.39 is 0 Å². The van der Waals surface area contributed by atoms with Crippen molar-refractivity contribution in [2.24, 2.45) is 0 Å². The maximum atomic E-state index is 13.0. The minimum atomic E-state index is -0.175. The van der Waals surface area contributed by atoms with Crippen LogP contribution in [0.2, 0.25) is 0 Å². The van der Waals surface area contributed by atoms with E-state index in [1.54, 1.807) is 0 Å². The van der Waals surface area contributed by atoms with Crippen molar-refractivity contribution in [3.63, 3.8) is 0 Å². The maximum absolute atomic E-state index is 13.0. The molecule has 1 aromatic heterocycles. The molecule has 0 spiro atoms. The van der Waals surface area contributed by atoms with Gasteiger partial charge < -0.3 is 9.80 Å². The lowest BCUT2D eigenvalue weighted by Crippen LogP contribution is -2.63. The summed E-state index contributed by atoms with van der Waals surface area (Å²) in [5.74, 6) is 0.799. The maximum Gasteiger partial charge on any atom is 0.151 e. The highest BCUT2D eigenvalue weighted by molar-refractivity contribution is 5.47. The van der Waals surface area contributed by atoms with E-state index in [0.29, 0.717) is 6.04 Å². The van der Waals surface area contributed by atoms with Gasteiger partial charge in [0.15, 0.2) is 5.82 Å². The van der Waals surface area contributed by atoms with Crippen LogP contribution in [0.3, 0.4) is 0 Å². The number of hydrogen-bond donors (Lipinski definition) is 0. The zero-order chi connectivity index (χ0) is 16.5. The summed E-state index contributed by atoms with van der Waals surface area (Å²) in [7, 11) is 0. The number of aromatic nitrogens is 2. The van der Waals surface area contributed by atoms with Crippen molar-refractivity contribution in [2.45, 2.75) is 13.0 Å². The second-order valence-corrected chi connectivity index (χ2v) is 6.59. The molecular formula is C18H22FN5. The summed E-state index contributed by atoms with van der Waals surface area (Å²) >= 11 is 0. The third-order valence-electron chi connectivity index (χ3n) is 4.99. The fourth-order valence-corrected chi connectivity index (χ4v) is 3.43. The van der Waals surface area contributed by atoms with E-state index in [1.807, 2.05) is 31.2 Å². The van der Waals surface area contributed by atoms with Crippen LogP contribution in [0.1, 0.15) is 5.69 Å². The third-order valence-corrected chi connectivity index (χ3v) is 4.99. The third kappa shape index (κ3) is 3.06. The van der Waals surface area contributed by atoms with Gasteiger partial charge in [0.2, 0.25) is 0 Å². The number of hydrogen-bond acceptors (Lipinski definition) is 5. The highest BCUT2D eigenvalue weighted by atomic mass is 19.1. The Morgan fingerprint density at radius 1 is 0.875 bits per heavy atom. The van der Waals surface area contributed by atoms with E-state index >= 15 is 0 Å². The highest BCUT2D eigenvalue weighted by Gasteiger charge is 2.34. The first-order valence-electron chi connectivity index (χ1n) is 8.49. The molecular weight excluding hydrogens is 305 g/mol. The number of aryl methyl sites for hydroxylation is 1. The van der Waals surface area contributed by atoms with Crippen molar-refractivity contribution in [1.82, 2.24) is 15.1 Å². The van der Waals surface area contributed by atoms with E-state index in [-0.39, 0.29) is 5.82 Å². The Balaban J connectivity index is 1.28. The van der Waals surface area contributed by atoms with Gasteiger partial charge in [-0.15, -0.1) is 5.10 Å². The van der Waals surface area contributed by atoms with Gasteiger partial charge in [-0.05, 0) is 43.3 Å². The molecule has 3 heterocycles. The van der Waals surface area contributed by atoms with Crippen LogP contribution in [-0.2, 0) is 0 Å². The lowest BCUT2D eigenvalue weighted by Gasteiger charge is -2.48. The Kier molecular flexibility index (Phi) is 4.06. The van der Waals surface area contributed by atoms with E-state index in [1.165, 1.54) is 12.1 Å². The summed E-state index contributed by atoms with van der Waals surface area (Å²) < 4.78 is 13.0. The van der Waals surface area contributed by atoms with Crippen molar-refractivity contribution in [3.05, 3.63) is 47.9 Å². The average molecular weight is 327 g/mol. The van der Waals surface area contributed by atoms with Gasteiger partial charge in [-0.25, -0.2) is 4.39 Å². The van der Waals surface area contributed by atoms with Gasteiger partial charge in [-0.1, -0.05) is 0 Å². The number of nitrogens with zero attached hydrogens (tertiary/aromatic N) is 5. The van der Waals surface area contributed by atoms with Crippen LogP contribution in [0, 0.1) is 12.7 Å². The van der Waals surface area contributed by atoms with E-state index in [0.717, 1.165) is 56.5 Å². The van der Waals surface area contributed by atoms with Crippen molar-refractivity contribution >= 4 is 11.5 Å². The first kappa shape index (κ1) is 15.3. The van der Waals surface area contributed by atoms with Gasteiger partial charge in [0.05, 0.1) is 5.69 Å². The summed E-state index contributed by atoms with van der Waals surface area (Å²) in [5, 5.41) is 8.39. The molecule has 1 aromatic carbocycles. The summed E-state index contributed by atoms with van der Waals surface area (Å²) in [4.78, 5) is 7.17. The molecule has 0 N–H and O–H groups in total. The SMILES string of the molecule is Cc1ccc(N2CC(N3CCN(c4ccc(F)cc4)CC3)C2)nn1. The molecule has 2 fully saturated rings. The second kappa shape index (κ2) is 6.36. The lowest BCUT2D eigenvalue weighted by atomic mass is 10.1. The molecule has 0 bridgehead atoms. The largest absolute Gasteiger partial charge is 0.369 e. The summed E-state index contributed by atoms with van der Waals surface area (Å²) in [6.07, 6.45) is 0. The molecule has 0 aliphatic carbocycles. The van der Waals surface area contributed by atoms with Crippen LogP contribution in [0.25, 0.3) is 0 Å². The predicted octanol–water partition coefficient (Wildman–Crippen LogP) is 1.93. The van der Waals surface area contributed by atoms with Gasteiger partial charge in [-0.3, -0.25) is 4.90 Å². The smallest absolute Gasteiger partial charge is 0.151 e. The van der Waals surface area contributed by atoms with Crippen LogP contribution in [-0.4, -0.2) is 60.4 Å². The van der Waals surface area contributed by atoms with Crippen LogP contribution in [0.5, 0.6) is 0 Å². The first-order valence-corrected chi connectivity index (χ1v) is 8.49. The lowest BCUT2D eigenvalue weighted by molar-refractivity contribution is 0.156. The molecule has 4 rings (SSSR count). The second-order valence-electron chi connectivity index (χ2n) is 6.59. The van der Waals surface area contributed by atoms with Crippen LogP contribution in [0.4, 0.5) is 15.9 Å². The molecule has 6 heteroatoms. The minimum absolute atomic E-state index is 0.175. The molecule has 24 heavy (non-hydrogen) atoms. The van der Waals surface area contributed by atoms with Crippen molar-refractivity contribution < 1.29 is 4.39 Å². The highest BCUT2D eigenvalue weighted by Crippen LogP contribution is 2.24. The standard InChI is InChI=1S/C18H22FN5/c1-14-2-7-18(21-20-14)24-12-17(13-24)23-10-8-22(9-11-23)16-5-3-15(19)4-6-16/h2-7,17H,8-13H2,1H3. The molecule has 2 saturated heterocycles. The summed E-state index contributed by atoms with van der Waals surface area (Å²) in [6, 6.07) is 11.5. The number of benzene rings is 1. The normalized spacial score (nSPS) is 19.4. The molecule has 0 unspecified atom stereocenters. The zero-order valence-electron chi connectivity index (χ0n) is 13.9. The van der Waals surface area contributed by atoms with Crippen molar-refractivity contribution in [2.75, 3.05) is 49.1 Å². The van der Waals surface area contributed by atoms with Crippen molar-refractivity contribution in [1.29, 1.82) is 0 Å². The van der Waals surface area contributed by atoms with Gasteiger partial charge in [-0.2, -0.15) is 5.10 Å². The molecule has 2 aliphatic rings. The fraction of sp³-hybridized carbons (Fsp3) is 0.444. The van der Waals surface area contributed by atoms with Crippen LogP contribution in [0.15, 0.2) is 36.4 Å². The molecule has 2 aliphatic heterocycles. The van der Waals surface area contributed by atoms with E-state index in [9.17, 15) is 4.39 Å². The monoisotopic (exact) mass is 327 g/mol. The molecule has 0 amide bonds. The van der Waals surface area contributed by atoms with Gasteiger partial charge in [0.25, 0.3) is 0 Å². The summed E-state index contributed by atoms with van der Waals surface area (Å²) in [5.41, 5.74) is 2.06. The predicted molar refractivity (Wildman–Crippen MR) is 93.0 cm³/mol. The summed E-state index contributed by atoms with van der Waals surface area (Å²) in [6.45, 7) is 8.09. The zero-order valence-corrected chi connectivity index (χ0v) is 13.9. The number of piperazine rings is 1. The Bertz CT molecular complexity index is 674. The van der Waals surface area contributed by atoms with Crippen LogP contribution < -0.4 is 9.80 Å². The number of halogens is 1. The molecule has 0 saturated carbocycles. The number of rotatable bonds is 3. The molecule has 2 aromatic rings. The Hall–Kier alpha value is -2.21. The molecule has 5 nitrogen and oxygen atoms in total. The number of anilines is 2. The minimum Gasteiger partial charge on any atom is -0.369 e. The molecule has 126 valence electrons. The average Bonchev–Trinajstić information content (AvgIpc) is 2.57. The fourth-order valence-electron chi connectivity index (χ4n) is 3.43. The van der Waals surface area contributed by atoms with Gasteiger partial charge in [0.1, 0.15) is 5.82 Å². The van der Waals surface area contributed by atoms with Crippen LogP contribution >= 0.6 is 0 Å². The molecule has 0 radical (unpaired) electrons. The quantitative estimate of drug-likeness (QED) is 0.861. The Morgan fingerprint density at radius 3 is 2.21 bits per heavy atom. The van der Waals surface area contributed by atoms with Crippen molar-refractivity contribution in [3.8, 4) is 0 Å². The van der Waals surface area contributed by atoms with Gasteiger partial charge >= 0.3 is 0 Å². The van der Waals surface area contributed by atoms with Gasteiger partial charge in [0, 0.05) is 51.0 Å². The van der Waals surface area contributed by atoms with E-state index in [2.05, 4.69) is 24.9 Å². The Morgan fingerprint density at radius 2 is 1.58 bits per heavy atom. The van der Waals surface area contributed by atoms with E-state index in [4.69, 9.17) is 0 Å².